The third-order valence-electron chi connectivity index (χ3n) is 3.36. The molecule has 0 aliphatic heterocycles. The summed E-state index contributed by atoms with van der Waals surface area (Å²) in [6.07, 6.45) is 6.54. The molecular formula is C15H20N2O. The molecule has 1 N–H and O–H groups in total. The van der Waals surface area contributed by atoms with Crippen LogP contribution in [0.3, 0.4) is 0 Å². The Bertz CT molecular complexity index is 503. The molecule has 0 atom stereocenters. The fourth-order valence-electron chi connectivity index (χ4n) is 2.42. The number of hydrogen-bond donors (Lipinski definition) is 1. The van der Waals surface area contributed by atoms with Crippen LogP contribution in [0.25, 0.3) is 0 Å². The predicted octanol–water partition coefficient (Wildman–Crippen LogP) is 3.13. The third kappa shape index (κ3) is 2.40. The highest BCUT2D eigenvalue weighted by molar-refractivity contribution is 5.46. The standard InChI is InChI=1S/C15H20N2O/c1-4-11-6-7-15(18-3)13(5-2)14(11)8-12-9-16-10-17-12/h6-7,9-10H,4-5,8H2,1-3H3,(H,16,17). The first-order chi connectivity index (χ1) is 8.80. The van der Waals surface area contributed by atoms with Gasteiger partial charge in [0.1, 0.15) is 5.75 Å². The van der Waals surface area contributed by atoms with E-state index in [-0.39, 0.29) is 0 Å². The zero-order valence-electron chi connectivity index (χ0n) is 11.3. The average Bonchev–Trinajstić information content (AvgIpc) is 2.91. The zero-order chi connectivity index (χ0) is 13.0. The number of nitrogens with one attached hydrogen (secondary N) is 1. The van der Waals surface area contributed by atoms with Gasteiger partial charge < -0.3 is 9.72 Å². The van der Waals surface area contributed by atoms with Crippen LogP contribution in [0.4, 0.5) is 0 Å². The molecule has 0 saturated carbocycles. The number of aryl methyl sites for hydroxylation is 1. The van der Waals surface area contributed by atoms with E-state index < -0.39 is 0 Å². The zero-order valence-corrected chi connectivity index (χ0v) is 11.3. The molecule has 2 aromatic rings. The molecule has 0 aliphatic rings. The Morgan fingerprint density at radius 2 is 2.00 bits per heavy atom. The van der Waals surface area contributed by atoms with E-state index >= 15 is 0 Å². The number of aromatic amines is 1. The van der Waals surface area contributed by atoms with Crippen molar-refractivity contribution in [3.63, 3.8) is 0 Å². The summed E-state index contributed by atoms with van der Waals surface area (Å²) in [5, 5.41) is 0. The van der Waals surface area contributed by atoms with E-state index in [0.717, 1.165) is 30.7 Å². The van der Waals surface area contributed by atoms with Crippen molar-refractivity contribution < 1.29 is 4.74 Å². The quantitative estimate of drug-likeness (QED) is 0.877. The maximum Gasteiger partial charge on any atom is 0.122 e. The van der Waals surface area contributed by atoms with Crippen molar-refractivity contribution in [1.82, 2.24) is 9.97 Å². The van der Waals surface area contributed by atoms with Crippen LogP contribution in [0.1, 0.15) is 36.2 Å². The largest absolute Gasteiger partial charge is 0.496 e. The lowest BCUT2D eigenvalue weighted by Crippen LogP contribution is -2.03. The summed E-state index contributed by atoms with van der Waals surface area (Å²) in [6, 6.07) is 4.25. The van der Waals surface area contributed by atoms with Crippen molar-refractivity contribution in [1.29, 1.82) is 0 Å². The number of benzene rings is 1. The molecule has 3 heteroatoms. The molecule has 1 aromatic carbocycles. The number of hydrogen-bond acceptors (Lipinski definition) is 2. The molecule has 0 bridgehead atoms. The molecule has 0 fully saturated rings. The molecule has 1 aromatic heterocycles. The maximum atomic E-state index is 5.47. The predicted molar refractivity (Wildman–Crippen MR) is 73.1 cm³/mol. The Labute approximate surface area is 108 Å². The van der Waals surface area contributed by atoms with Crippen molar-refractivity contribution in [3.8, 4) is 5.75 Å². The fourth-order valence-corrected chi connectivity index (χ4v) is 2.42. The van der Waals surface area contributed by atoms with Gasteiger partial charge in [0.25, 0.3) is 0 Å². The molecule has 1 heterocycles. The number of H-pyrrole nitrogens is 1. The summed E-state index contributed by atoms with van der Waals surface area (Å²) in [4.78, 5) is 7.26. The van der Waals surface area contributed by atoms with Crippen molar-refractivity contribution in [2.75, 3.05) is 7.11 Å². The number of aromatic nitrogens is 2. The van der Waals surface area contributed by atoms with Crippen LogP contribution < -0.4 is 4.74 Å². The summed E-state index contributed by atoms with van der Waals surface area (Å²) >= 11 is 0. The topological polar surface area (TPSA) is 37.9 Å². The van der Waals surface area contributed by atoms with Crippen LogP contribution >= 0.6 is 0 Å². The van der Waals surface area contributed by atoms with Gasteiger partial charge in [0.2, 0.25) is 0 Å². The van der Waals surface area contributed by atoms with Gasteiger partial charge in [0, 0.05) is 18.3 Å². The van der Waals surface area contributed by atoms with Crippen molar-refractivity contribution >= 4 is 0 Å². The molecule has 0 spiro atoms. The van der Waals surface area contributed by atoms with Gasteiger partial charge in [-0.1, -0.05) is 19.9 Å². The number of nitrogens with zero attached hydrogens (tertiary/aromatic N) is 1. The summed E-state index contributed by atoms with van der Waals surface area (Å²) in [6.45, 7) is 4.37. The van der Waals surface area contributed by atoms with E-state index in [1.165, 1.54) is 16.7 Å². The smallest absolute Gasteiger partial charge is 0.122 e. The Morgan fingerprint density at radius 1 is 1.17 bits per heavy atom. The number of rotatable bonds is 5. The highest BCUT2D eigenvalue weighted by Gasteiger charge is 2.12. The number of methoxy groups -OCH3 is 1. The molecule has 18 heavy (non-hydrogen) atoms. The fraction of sp³-hybridized carbons (Fsp3) is 0.400. The minimum absolute atomic E-state index is 0.892. The molecule has 0 unspecified atom stereocenters. The lowest BCUT2D eigenvalue weighted by molar-refractivity contribution is 0.409. The first kappa shape index (κ1) is 12.7. The van der Waals surface area contributed by atoms with E-state index in [1.807, 2.05) is 6.20 Å². The van der Waals surface area contributed by atoms with Crippen LogP contribution in [0, 0.1) is 0 Å². The monoisotopic (exact) mass is 244 g/mol. The maximum absolute atomic E-state index is 5.47. The van der Waals surface area contributed by atoms with Crippen molar-refractivity contribution in [2.24, 2.45) is 0 Å². The Hall–Kier alpha value is -1.77. The van der Waals surface area contributed by atoms with Gasteiger partial charge in [-0.3, -0.25) is 0 Å². The molecule has 0 aliphatic carbocycles. The van der Waals surface area contributed by atoms with E-state index in [0.29, 0.717) is 0 Å². The van der Waals surface area contributed by atoms with Gasteiger partial charge in [0.15, 0.2) is 0 Å². The van der Waals surface area contributed by atoms with E-state index in [9.17, 15) is 0 Å². The Kier molecular flexibility index (Phi) is 4.03. The van der Waals surface area contributed by atoms with Gasteiger partial charge in [-0.2, -0.15) is 0 Å². The van der Waals surface area contributed by atoms with Crippen LogP contribution in [0.2, 0.25) is 0 Å². The van der Waals surface area contributed by atoms with Gasteiger partial charge in [-0.05, 0) is 35.6 Å². The van der Waals surface area contributed by atoms with Gasteiger partial charge in [0.05, 0.1) is 13.4 Å². The molecule has 0 amide bonds. The van der Waals surface area contributed by atoms with Crippen molar-refractivity contribution in [3.05, 3.63) is 47.0 Å². The summed E-state index contributed by atoms with van der Waals surface area (Å²) in [5.74, 6) is 0.990. The second-order valence-corrected chi connectivity index (χ2v) is 4.34. The summed E-state index contributed by atoms with van der Waals surface area (Å²) in [7, 11) is 1.74. The molecule has 0 radical (unpaired) electrons. The van der Waals surface area contributed by atoms with E-state index in [2.05, 4.69) is 35.9 Å². The van der Waals surface area contributed by atoms with Gasteiger partial charge in [-0.25, -0.2) is 4.98 Å². The van der Waals surface area contributed by atoms with Crippen molar-refractivity contribution in [2.45, 2.75) is 33.1 Å². The molecular weight excluding hydrogens is 224 g/mol. The Balaban J connectivity index is 2.47. The third-order valence-corrected chi connectivity index (χ3v) is 3.36. The number of ether oxygens (including phenoxy) is 1. The highest BCUT2D eigenvalue weighted by Crippen LogP contribution is 2.28. The second kappa shape index (κ2) is 5.71. The minimum atomic E-state index is 0.892. The molecule has 96 valence electrons. The first-order valence-electron chi connectivity index (χ1n) is 6.45. The van der Waals surface area contributed by atoms with E-state index in [4.69, 9.17) is 4.74 Å². The number of imidazole rings is 1. The lowest BCUT2D eigenvalue weighted by Gasteiger charge is -2.16. The SMILES string of the molecule is CCc1ccc(OC)c(CC)c1Cc1cnc[nH]1. The van der Waals surface area contributed by atoms with Crippen LogP contribution in [0.5, 0.6) is 5.75 Å². The highest BCUT2D eigenvalue weighted by atomic mass is 16.5. The van der Waals surface area contributed by atoms with Gasteiger partial charge in [-0.15, -0.1) is 0 Å². The minimum Gasteiger partial charge on any atom is -0.496 e. The summed E-state index contributed by atoms with van der Waals surface area (Å²) in [5.41, 5.74) is 5.23. The van der Waals surface area contributed by atoms with Crippen LogP contribution in [0.15, 0.2) is 24.7 Å². The van der Waals surface area contributed by atoms with Crippen LogP contribution in [-0.4, -0.2) is 17.1 Å². The van der Waals surface area contributed by atoms with Crippen LogP contribution in [-0.2, 0) is 19.3 Å². The molecule has 2 rings (SSSR count). The lowest BCUT2D eigenvalue weighted by atomic mass is 9.93. The van der Waals surface area contributed by atoms with Gasteiger partial charge >= 0.3 is 0 Å². The summed E-state index contributed by atoms with van der Waals surface area (Å²) < 4.78 is 5.47. The Morgan fingerprint density at radius 3 is 2.56 bits per heavy atom. The van der Waals surface area contributed by atoms with E-state index in [1.54, 1.807) is 13.4 Å². The normalized spacial score (nSPS) is 10.6. The first-order valence-corrected chi connectivity index (χ1v) is 6.45. The molecule has 0 saturated heterocycles. The second-order valence-electron chi connectivity index (χ2n) is 4.34. The average molecular weight is 244 g/mol. The molecule has 3 nitrogen and oxygen atoms in total.